The zero-order valence-corrected chi connectivity index (χ0v) is 9.93. The Morgan fingerprint density at radius 3 is 1.47 bits per heavy atom. The topological polar surface area (TPSA) is 90.5 Å². The van der Waals surface area contributed by atoms with Crippen molar-refractivity contribution in [3.8, 4) is 22.8 Å². The first-order valence-corrected chi connectivity index (χ1v) is 5.65. The fourth-order valence-electron chi connectivity index (χ4n) is 1.65. The standard InChI is InChI=1S/C13H10N6/c14-13-18-11(9-1-5-15-6-2-9)17-12(19-13)10-3-7-16-8-4-10/h1-8H,(H2,14,17,18,19). The molecule has 0 spiro atoms. The van der Waals surface area contributed by atoms with E-state index in [0.717, 1.165) is 11.1 Å². The van der Waals surface area contributed by atoms with Crippen molar-refractivity contribution in [2.45, 2.75) is 0 Å². The van der Waals surface area contributed by atoms with Crippen molar-refractivity contribution in [3.05, 3.63) is 49.1 Å². The second-order valence-corrected chi connectivity index (χ2v) is 3.81. The molecule has 19 heavy (non-hydrogen) atoms. The van der Waals surface area contributed by atoms with Crippen LogP contribution in [-0.4, -0.2) is 24.9 Å². The third kappa shape index (κ3) is 2.37. The van der Waals surface area contributed by atoms with Gasteiger partial charge >= 0.3 is 0 Å². The largest absolute Gasteiger partial charge is 0.368 e. The van der Waals surface area contributed by atoms with Crippen LogP contribution in [0.3, 0.4) is 0 Å². The second kappa shape index (κ2) is 4.77. The van der Waals surface area contributed by atoms with E-state index in [2.05, 4.69) is 24.9 Å². The second-order valence-electron chi connectivity index (χ2n) is 3.81. The van der Waals surface area contributed by atoms with Crippen molar-refractivity contribution in [3.63, 3.8) is 0 Å². The van der Waals surface area contributed by atoms with Crippen LogP contribution in [0.1, 0.15) is 0 Å². The van der Waals surface area contributed by atoms with E-state index in [1.165, 1.54) is 0 Å². The van der Waals surface area contributed by atoms with Crippen LogP contribution in [0.5, 0.6) is 0 Å². The number of aromatic nitrogens is 5. The van der Waals surface area contributed by atoms with Crippen LogP contribution < -0.4 is 5.73 Å². The number of nitrogen functional groups attached to an aromatic ring is 1. The van der Waals surface area contributed by atoms with Crippen molar-refractivity contribution in [1.29, 1.82) is 0 Å². The molecule has 0 atom stereocenters. The maximum Gasteiger partial charge on any atom is 0.224 e. The molecule has 0 saturated heterocycles. The summed E-state index contributed by atoms with van der Waals surface area (Å²) in [6.07, 6.45) is 6.73. The van der Waals surface area contributed by atoms with Crippen LogP contribution in [-0.2, 0) is 0 Å². The van der Waals surface area contributed by atoms with Gasteiger partial charge in [0.1, 0.15) is 0 Å². The smallest absolute Gasteiger partial charge is 0.224 e. The predicted octanol–water partition coefficient (Wildman–Crippen LogP) is 1.58. The molecule has 0 unspecified atom stereocenters. The van der Waals surface area contributed by atoms with E-state index in [0.29, 0.717) is 11.6 Å². The number of rotatable bonds is 2. The lowest BCUT2D eigenvalue weighted by molar-refractivity contribution is 1.08. The van der Waals surface area contributed by atoms with Gasteiger partial charge in [-0.05, 0) is 24.3 Å². The molecule has 6 nitrogen and oxygen atoms in total. The Bertz CT molecular complexity index is 626. The van der Waals surface area contributed by atoms with E-state index in [1.807, 2.05) is 24.3 Å². The molecule has 0 amide bonds. The normalized spacial score (nSPS) is 10.3. The van der Waals surface area contributed by atoms with Gasteiger partial charge in [-0.3, -0.25) is 9.97 Å². The summed E-state index contributed by atoms with van der Waals surface area (Å²) in [4.78, 5) is 20.6. The lowest BCUT2D eigenvalue weighted by atomic mass is 10.2. The summed E-state index contributed by atoms with van der Waals surface area (Å²) in [7, 11) is 0. The molecule has 0 fully saturated rings. The molecule has 0 aromatic carbocycles. The molecule has 0 saturated carbocycles. The van der Waals surface area contributed by atoms with E-state index in [1.54, 1.807) is 24.8 Å². The fourth-order valence-corrected chi connectivity index (χ4v) is 1.65. The summed E-state index contributed by atoms with van der Waals surface area (Å²) in [6, 6.07) is 7.30. The zero-order valence-electron chi connectivity index (χ0n) is 9.93. The Hall–Kier alpha value is -2.89. The van der Waals surface area contributed by atoms with Crippen molar-refractivity contribution < 1.29 is 0 Å². The van der Waals surface area contributed by atoms with Gasteiger partial charge < -0.3 is 5.73 Å². The van der Waals surface area contributed by atoms with E-state index in [9.17, 15) is 0 Å². The minimum atomic E-state index is 0.189. The number of pyridine rings is 2. The summed E-state index contributed by atoms with van der Waals surface area (Å²) >= 11 is 0. The molecule has 0 aliphatic heterocycles. The van der Waals surface area contributed by atoms with Gasteiger partial charge in [-0.1, -0.05) is 0 Å². The molecular formula is C13H10N6. The minimum Gasteiger partial charge on any atom is -0.368 e. The SMILES string of the molecule is Nc1nc(-c2ccncc2)nc(-c2ccncc2)n1. The van der Waals surface area contributed by atoms with Crippen molar-refractivity contribution in [1.82, 2.24) is 24.9 Å². The molecule has 3 heterocycles. The molecule has 2 N–H and O–H groups in total. The minimum absolute atomic E-state index is 0.189. The van der Waals surface area contributed by atoms with Crippen LogP contribution >= 0.6 is 0 Å². The lowest BCUT2D eigenvalue weighted by Crippen LogP contribution is -2.02. The average Bonchev–Trinajstić information content (AvgIpc) is 2.48. The van der Waals surface area contributed by atoms with Gasteiger partial charge in [0.05, 0.1) is 0 Å². The molecule has 92 valence electrons. The summed E-state index contributed by atoms with van der Waals surface area (Å²) < 4.78 is 0. The molecule has 3 rings (SSSR count). The predicted molar refractivity (Wildman–Crippen MR) is 70.7 cm³/mol. The summed E-state index contributed by atoms with van der Waals surface area (Å²) in [5.74, 6) is 1.25. The number of hydrogen-bond acceptors (Lipinski definition) is 6. The van der Waals surface area contributed by atoms with Crippen molar-refractivity contribution in [2.24, 2.45) is 0 Å². The Balaban J connectivity index is 2.12. The number of nitrogens with two attached hydrogens (primary N) is 1. The first-order valence-electron chi connectivity index (χ1n) is 5.65. The molecule has 0 radical (unpaired) electrons. The molecule has 0 aliphatic carbocycles. The van der Waals surface area contributed by atoms with Gasteiger partial charge in [0.2, 0.25) is 5.95 Å². The van der Waals surface area contributed by atoms with Gasteiger partial charge in [0.25, 0.3) is 0 Å². The maximum absolute atomic E-state index is 5.74. The van der Waals surface area contributed by atoms with E-state index >= 15 is 0 Å². The van der Waals surface area contributed by atoms with Crippen LogP contribution in [0.2, 0.25) is 0 Å². The Morgan fingerprint density at radius 1 is 0.632 bits per heavy atom. The quantitative estimate of drug-likeness (QED) is 0.742. The Morgan fingerprint density at radius 2 is 1.05 bits per heavy atom. The van der Waals surface area contributed by atoms with E-state index in [-0.39, 0.29) is 5.95 Å². The summed E-state index contributed by atoms with van der Waals surface area (Å²) in [5.41, 5.74) is 7.43. The van der Waals surface area contributed by atoms with Crippen molar-refractivity contribution in [2.75, 3.05) is 5.73 Å². The van der Waals surface area contributed by atoms with Crippen LogP contribution in [0.25, 0.3) is 22.8 Å². The molecule has 3 aromatic heterocycles. The van der Waals surface area contributed by atoms with Gasteiger partial charge in [-0.15, -0.1) is 0 Å². The van der Waals surface area contributed by atoms with Crippen LogP contribution in [0, 0.1) is 0 Å². The number of hydrogen-bond donors (Lipinski definition) is 1. The highest BCUT2D eigenvalue weighted by Crippen LogP contribution is 2.19. The third-order valence-electron chi connectivity index (χ3n) is 2.53. The van der Waals surface area contributed by atoms with Crippen molar-refractivity contribution >= 4 is 5.95 Å². The fraction of sp³-hybridized carbons (Fsp3) is 0. The molecule has 6 heteroatoms. The summed E-state index contributed by atoms with van der Waals surface area (Å²) in [6.45, 7) is 0. The highest BCUT2D eigenvalue weighted by molar-refractivity contribution is 5.61. The Kier molecular flexibility index (Phi) is 2.82. The van der Waals surface area contributed by atoms with Crippen LogP contribution in [0.4, 0.5) is 5.95 Å². The maximum atomic E-state index is 5.74. The number of nitrogens with zero attached hydrogens (tertiary/aromatic N) is 5. The first-order chi connectivity index (χ1) is 9.33. The van der Waals surface area contributed by atoms with E-state index < -0.39 is 0 Å². The highest BCUT2D eigenvalue weighted by atomic mass is 15.1. The van der Waals surface area contributed by atoms with Gasteiger partial charge in [0.15, 0.2) is 11.6 Å². The monoisotopic (exact) mass is 250 g/mol. The van der Waals surface area contributed by atoms with E-state index in [4.69, 9.17) is 5.73 Å². The zero-order chi connectivity index (χ0) is 13.1. The van der Waals surface area contributed by atoms with Crippen LogP contribution in [0.15, 0.2) is 49.1 Å². The number of anilines is 1. The highest BCUT2D eigenvalue weighted by Gasteiger charge is 2.08. The van der Waals surface area contributed by atoms with Gasteiger partial charge in [-0.25, -0.2) is 4.98 Å². The average molecular weight is 250 g/mol. The van der Waals surface area contributed by atoms with Gasteiger partial charge in [-0.2, -0.15) is 9.97 Å². The molecule has 0 aliphatic rings. The molecule has 0 bridgehead atoms. The summed E-state index contributed by atoms with van der Waals surface area (Å²) in [5, 5.41) is 0. The molecule has 3 aromatic rings. The lowest BCUT2D eigenvalue weighted by Gasteiger charge is -2.04. The molecular weight excluding hydrogens is 240 g/mol. The van der Waals surface area contributed by atoms with Gasteiger partial charge in [0, 0.05) is 35.9 Å². The first kappa shape index (κ1) is 11.2. The third-order valence-corrected chi connectivity index (χ3v) is 2.53. The Labute approximate surface area is 109 Å².